The fraction of sp³-hybridized carbons (Fsp3) is 0. The van der Waals surface area contributed by atoms with Crippen LogP contribution in [0.15, 0.2) is 61.1 Å². The summed E-state index contributed by atoms with van der Waals surface area (Å²) in [5.41, 5.74) is 2.20. The van der Waals surface area contributed by atoms with Gasteiger partial charge in [0.25, 0.3) is 0 Å². The van der Waals surface area contributed by atoms with E-state index < -0.39 is 0 Å². The molecule has 2 N–H and O–H groups in total. The number of rotatable bonds is 2. The molecule has 0 atom stereocenters. The zero-order valence-electron chi connectivity index (χ0n) is 11.4. The molecule has 2 heterocycles. The van der Waals surface area contributed by atoms with Crippen LogP contribution in [0.25, 0.3) is 10.9 Å². The van der Waals surface area contributed by atoms with E-state index in [2.05, 4.69) is 20.6 Å². The highest BCUT2D eigenvalue weighted by atomic mass is 35.5. The molecule has 0 unspecified atom stereocenters. The smallest absolute Gasteiger partial charge is 0.307 e. The molecule has 0 spiro atoms. The van der Waals surface area contributed by atoms with E-state index >= 15 is 0 Å². The Labute approximate surface area is 140 Å². The Balaban J connectivity index is 0.00000121. The summed E-state index contributed by atoms with van der Waals surface area (Å²) in [6, 6.07) is 12.6. The minimum Gasteiger partial charge on any atom is -0.307 e. The number of nitrogens with one attached hydrogen (secondary N) is 2. The topological polar surface area (TPSA) is 66.9 Å². The standard InChI is InChI=1S/C15H12N4O.2ClH/c20-15(18-11-4-2-8-16-10-11)19-14-7-1-6-13-12(14)5-3-9-17-13;;/h1-10H,(H2,18,19,20);2*1H. The lowest BCUT2D eigenvalue weighted by Crippen LogP contribution is -2.19. The van der Waals surface area contributed by atoms with Crippen molar-refractivity contribution in [1.82, 2.24) is 9.97 Å². The van der Waals surface area contributed by atoms with Gasteiger partial charge in [-0.1, -0.05) is 6.07 Å². The molecule has 7 heteroatoms. The summed E-state index contributed by atoms with van der Waals surface area (Å²) in [6.07, 6.45) is 4.96. The Morgan fingerprint density at radius 2 is 1.73 bits per heavy atom. The molecule has 114 valence electrons. The summed E-state index contributed by atoms with van der Waals surface area (Å²) in [5, 5.41) is 6.44. The predicted octanol–water partition coefficient (Wildman–Crippen LogP) is 4.12. The van der Waals surface area contributed by atoms with Crippen LogP contribution in [0.1, 0.15) is 0 Å². The highest BCUT2D eigenvalue weighted by Crippen LogP contribution is 2.21. The minimum absolute atomic E-state index is 0. The molecule has 0 aliphatic heterocycles. The molecule has 0 bridgehead atoms. The zero-order chi connectivity index (χ0) is 13.8. The number of carbonyl (C=O) groups excluding carboxylic acids is 1. The number of benzene rings is 1. The van der Waals surface area contributed by atoms with Crippen LogP contribution >= 0.6 is 24.8 Å². The summed E-state index contributed by atoms with van der Waals surface area (Å²) in [5.74, 6) is 0. The molecule has 0 fully saturated rings. The van der Waals surface area contributed by atoms with E-state index in [1.807, 2.05) is 30.3 Å². The molecule has 22 heavy (non-hydrogen) atoms. The number of pyridine rings is 2. The van der Waals surface area contributed by atoms with Crippen molar-refractivity contribution in [2.45, 2.75) is 0 Å². The van der Waals surface area contributed by atoms with Gasteiger partial charge in [-0.15, -0.1) is 24.8 Å². The number of hydrogen-bond donors (Lipinski definition) is 2. The van der Waals surface area contributed by atoms with Crippen LogP contribution in [0.4, 0.5) is 16.2 Å². The molecule has 3 rings (SSSR count). The predicted molar refractivity (Wildman–Crippen MR) is 93.1 cm³/mol. The Kier molecular flexibility index (Phi) is 6.56. The van der Waals surface area contributed by atoms with Crippen molar-refractivity contribution in [2.24, 2.45) is 0 Å². The van der Waals surface area contributed by atoms with Gasteiger partial charge in [0, 0.05) is 17.8 Å². The summed E-state index contributed by atoms with van der Waals surface area (Å²) >= 11 is 0. The number of aromatic nitrogens is 2. The quantitative estimate of drug-likeness (QED) is 0.739. The highest BCUT2D eigenvalue weighted by molar-refractivity contribution is 6.05. The molecule has 2 aromatic heterocycles. The normalized spacial score (nSPS) is 9.27. The van der Waals surface area contributed by atoms with E-state index in [9.17, 15) is 4.79 Å². The second-order valence-electron chi connectivity index (χ2n) is 4.20. The number of amides is 2. The molecular formula is C15H14Cl2N4O. The minimum atomic E-state index is -0.311. The summed E-state index contributed by atoms with van der Waals surface area (Å²) in [7, 11) is 0. The first-order chi connectivity index (χ1) is 9.83. The second kappa shape index (κ2) is 8.17. The monoisotopic (exact) mass is 336 g/mol. The molecule has 0 aliphatic carbocycles. The van der Waals surface area contributed by atoms with Gasteiger partial charge in [-0.2, -0.15) is 0 Å². The number of hydrogen-bond acceptors (Lipinski definition) is 3. The van der Waals surface area contributed by atoms with Crippen LogP contribution in [0, 0.1) is 0 Å². The maximum Gasteiger partial charge on any atom is 0.323 e. The number of anilines is 2. The zero-order valence-corrected chi connectivity index (χ0v) is 13.0. The third kappa shape index (κ3) is 4.07. The fourth-order valence-electron chi connectivity index (χ4n) is 1.93. The lowest BCUT2D eigenvalue weighted by molar-refractivity contribution is 0.262. The van der Waals surface area contributed by atoms with Crippen molar-refractivity contribution in [2.75, 3.05) is 10.6 Å². The third-order valence-electron chi connectivity index (χ3n) is 2.81. The van der Waals surface area contributed by atoms with Crippen molar-refractivity contribution >= 4 is 53.1 Å². The van der Waals surface area contributed by atoms with Crippen molar-refractivity contribution in [3.63, 3.8) is 0 Å². The van der Waals surface area contributed by atoms with Crippen LogP contribution in [0.2, 0.25) is 0 Å². The van der Waals surface area contributed by atoms with Crippen LogP contribution in [-0.2, 0) is 0 Å². The Hall–Kier alpha value is -2.37. The van der Waals surface area contributed by atoms with E-state index in [4.69, 9.17) is 0 Å². The first kappa shape index (κ1) is 17.7. The molecule has 0 radical (unpaired) electrons. The highest BCUT2D eigenvalue weighted by Gasteiger charge is 2.06. The fourth-order valence-corrected chi connectivity index (χ4v) is 1.93. The van der Waals surface area contributed by atoms with E-state index in [-0.39, 0.29) is 30.8 Å². The maximum absolute atomic E-state index is 12.0. The van der Waals surface area contributed by atoms with E-state index in [1.54, 1.807) is 30.7 Å². The van der Waals surface area contributed by atoms with Gasteiger partial charge < -0.3 is 10.6 Å². The van der Waals surface area contributed by atoms with Gasteiger partial charge in [0.15, 0.2) is 0 Å². The summed E-state index contributed by atoms with van der Waals surface area (Å²) in [6.45, 7) is 0. The van der Waals surface area contributed by atoms with Crippen LogP contribution in [0.5, 0.6) is 0 Å². The van der Waals surface area contributed by atoms with Gasteiger partial charge in [-0.3, -0.25) is 9.97 Å². The molecule has 0 aliphatic rings. The van der Waals surface area contributed by atoms with Gasteiger partial charge in [-0.25, -0.2) is 4.79 Å². The Morgan fingerprint density at radius 1 is 0.909 bits per heavy atom. The van der Waals surface area contributed by atoms with Gasteiger partial charge in [-0.05, 0) is 36.4 Å². The van der Waals surface area contributed by atoms with Crippen LogP contribution < -0.4 is 10.6 Å². The lowest BCUT2D eigenvalue weighted by atomic mass is 10.2. The number of nitrogens with zero attached hydrogens (tertiary/aromatic N) is 2. The number of halogens is 2. The maximum atomic E-state index is 12.0. The molecule has 1 aromatic carbocycles. The largest absolute Gasteiger partial charge is 0.323 e. The first-order valence-corrected chi connectivity index (χ1v) is 6.15. The van der Waals surface area contributed by atoms with Crippen molar-refractivity contribution in [3.8, 4) is 0 Å². The van der Waals surface area contributed by atoms with Crippen molar-refractivity contribution in [3.05, 3.63) is 61.1 Å². The van der Waals surface area contributed by atoms with Crippen LogP contribution in [0.3, 0.4) is 0 Å². The van der Waals surface area contributed by atoms with Gasteiger partial charge in [0.05, 0.1) is 23.1 Å². The van der Waals surface area contributed by atoms with Gasteiger partial charge >= 0.3 is 6.03 Å². The third-order valence-corrected chi connectivity index (χ3v) is 2.81. The molecule has 2 amide bonds. The van der Waals surface area contributed by atoms with E-state index in [0.717, 1.165) is 16.6 Å². The first-order valence-electron chi connectivity index (χ1n) is 6.15. The number of fused-ring (bicyclic) bond motifs is 1. The molecular weight excluding hydrogens is 323 g/mol. The average molecular weight is 337 g/mol. The molecule has 0 saturated heterocycles. The van der Waals surface area contributed by atoms with E-state index in [1.165, 1.54) is 0 Å². The van der Waals surface area contributed by atoms with Gasteiger partial charge in [0.1, 0.15) is 0 Å². The number of carbonyl (C=O) groups is 1. The molecule has 3 aromatic rings. The average Bonchev–Trinajstić information content (AvgIpc) is 2.48. The van der Waals surface area contributed by atoms with E-state index in [0.29, 0.717) is 5.69 Å². The van der Waals surface area contributed by atoms with Gasteiger partial charge in [0.2, 0.25) is 0 Å². The number of urea groups is 1. The molecule has 0 saturated carbocycles. The Bertz CT molecular complexity index is 747. The van der Waals surface area contributed by atoms with Crippen molar-refractivity contribution in [1.29, 1.82) is 0 Å². The summed E-state index contributed by atoms with van der Waals surface area (Å²) < 4.78 is 0. The Morgan fingerprint density at radius 3 is 2.50 bits per heavy atom. The molecule has 5 nitrogen and oxygen atoms in total. The van der Waals surface area contributed by atoms with Crippen molar-refractivity contribution < 1.29 is 4.79 Å². The lowest BCUT2D eigenvalue weighted by Gasteiger charge is -2.09. The SMILES string of the molecule is Cl.Cl.O=C(Nc1cccnc1)Nc1cccc2ncccc12. The summed E-state index contributed by atoms with van der Waals surface area (Å²) in [4.78, 5) is 20.1. The second-order valence-corrected chi connectivity index (χ2v) is 4.20. The van der Waals surface area contributed by atoms with Crippen LogP contribution in [-0.4, -0.2) is 16.0 Å².